The van der Waals surface area contributed by atoms with E-state index in [0.29, 0.717) is 13.2 Å². The summed E-state index contributed by atoms with van der Waals surface area (Å²) >= 11 is 0. The van der Waals surface area contributed by atoms with E-state index in [4.69, 9.17) is 14.2 Å². The van der Waals surface area contributed by atoms with Crippen molar-refractivity contribution in [3.63, 3.8) is 0 Å². The maximum Gasteiger partial charge on any atom is 0.191 e. The first-order chi connectivity index (χ1) is 12.6. The summed E-state index contributed by atoms with van der Waals surface area (Å²) in [4.78, 5) is 6.54. The average Bonchev–Trinajstić information content (AvgIpc) is 2.65. The van der Waals surface area contributed by atoms with Crippen LogP contribution < -0.4 is 20.1 Å². The molecule has 1 rings (SSSR count). The van der Waals surface area contributed by atoms with E-state index in [2.05, 4.69) is 27.6 Å². The summed E-state index contributed by atoms with van der Waals surface area (Å²) in [5.74, 6) is 2.28. The first-order valence-electron chi connectivity index (χ1n) is 9.06. The van der Waals surface area contributed by atoms with E-state index in [0.717, 1.165) is 55.7 Å². The minimum absolute atomic E-state index is 0.616. The van der Waals surface area contributed by atoms with Gasteiger partial charge in [0.25, 0.3) is 0 Å². The maximum absolute atomic E-state index is 5.55. The van der Waals surface area contributed by atoms with Crippen LogP contribution >= 0.6 is 0 Å². The predicted molar refractivity (Wildman–Crippen MR) is 106 cm³/mol. The Bertz CT molecular complexity index is 538. The molecule has 1 aromatic carbocycles. The van der Waals surface area contributed by atoms with Crippen LogP contribution in [0.1, 0.15) is 18.9 Å². The Hall–Kier alpha value is -1.99. The quantitative estimate of drug-likeness (QED) is 0.334. The van der Waals surface area contributed by atoms with Crippen LogP contribution in [0.5, 0.6) is 11.5 Å². The van der Waals surface area contributed by atoms with Gasteiger partial charge in [-0.3, -0.25) is 4.99 Å². The molecule has 0 radical (unpaired) electrons. The van der Waals surface area contributed by atoms with Crippen molar-refractivity contribution in [3.8, 4) is 11.5 Å². The van der Waals surface area contributed by atoms with Crippen LogP contribution in [0.25, 0.3) is 0 Å². The molecule has 0 saturated carbocycles. The van der Waals surface area contributed by atoms with Gasteiger partial charge in [0.2, 0.25) is 0 Å². The second kappa shape index (κ2) is 13.2. The average molecular weight is 367 g/mol. The molecule has 0 spiro atoms. The van der Waals surface area contributed by atoms with Gasteiger partial charge in [-0.15, -0.1) is 0 Å². The van der Waals surface area contributed by atoms with Crippen LogP contribution in [0.3, 0.4) is 0 Å². The molecule has 0 aliphatic rings. The highest BCUT2D eigenvalue weighted by Gasteiger charge is 2.06. The lowest BCUT2D eigenvalue weighted by Gasteiger charge is -2.18. The van der Waals surface area contributed by atoms with Gasteiger partial charge in [0.05, 0.1) is 13.7 Å². The Morgan fingerprint density at radius 3 is 2.62 bits per heavy atom. The molecule has 0 heterocycles. The molecule has 0 aromatic heterocycles. The van der Waals surface area contributed by atoms with Gasteiger partial charge < -0.3 is 29.7 Å². The van der Waals surface area contributed by atoms with Gasteiger partial charge in [-0.05, 0) is 38.1 Å². The van der Waals surface area contributed by atoms with Gasteiger partial charge in [0, 0.05) is 46.9 Å². The molecule has 0 amide bonds. The number of hydrogen-bond donors (Lipinski definition) is 2. The van der Waals surface area contributed by atoms with Crippen LogP contribution in [0.2, 0.25) is 0 Å². The van der Waals surface area contributed by atoms with E-state index in [9.17, 15) is 0 Å². The van der Waals surface area contributed by atoms with E-state index in [1.165, 1.54) is 0 Å². The van der Waals surface area contributed by atoms with Crippen molar-refractivity contribution in [1.82, 2.24) is 15.5 Å². The lowest BCUT2D eigenvalue weighted by Crippen LogP contribution is -2.40. The Morgan fingerprint density at radius 1 is 1.15 bits per heavy atom. The van der Waals surface area contributed by atoms with Gasteiger partial charge in [0.15, 0.2) is 17.5 Å². The second-order valence-corrected chi connectivity index (χ2v) is 5.92. The normalized spacial score (nSPS) is 11.5. The molecule has 0 aliphatic heterocycles. The lowest BCUT2D eigenvalue weighted by atomic mass is 10.2. The third-order valence-corrected chi connectivity index (χ3v) is 3.89. The zero-order valence-corrected chi connectivity index (χ0v) is 16.8. The van der Waals surface area contributed by atoms with Crippen LogP contribution in [0.4, 0.5) is 0 Å². The molecular formula is C19H34N4O3. The van der Waals surface area contributed by atoms with Gasteiger partial charge in [0.1, 0.15) is 0 Å². The van der Waals surface area contributed by atoms with Crippen molar-refractivity contribution >= 4 is 5.96 Å². The van der Waals surface area contributed by atoms with Gasteiger partial charge in [-0.1, -0.05) is 6.07 Å². The Kier molecular flexibility index (Phi) is 11.2. The second-order valence-electron chi connectivity index (χ2n) is 5.92. The number of nitrogens with zero attached hydrogens (tertiary/aromatic N) is 2. The number of methoxy groups -OCH3 is 2. The number of nitrogens with one attached hydrogen (secondary N) is 2. The van der Waals surface area contributed by atoms with Crippen molar-refractivity contribution in [1.29, 1.82) is 0 Å². The number of aliphatic imine (C=N–C) groups is 1. The Balaban J connectivity index is 2.40. The molecule has 0 fully saturated rings. The molecule has 0 saturated heterocycles. The largest absolute Gasteiger partial charge is 0.493 e. The molecule has 0 atom stereocenters. The van der Waals surface area contributed by atoms with Crippen LogP contribution in [-0.2, 0) is 11.3 Å². The number of hydrogen-bond acceptors (Lipinski definition) is 5. The van der Waals surface area contributed by atoms with Gasteiger partial charge in [-0.2, -0.15) is 0 Å². The summed E-state index contributed by atoms with van der Waals surface area (Å²) in [5, 5.41) is 6.65. The van der Waals surface area contributed by atoms with Crippen LogP contribution in [0, 0.1) is 0 Å². The maximum atomic E-state index is 5.55. The van der Waals surface area contributed by atoms with Crippen LogP contribution in [0.15, 0.2) is 23.2 Å². The molecule has 148 valence electrons. The zero-order chi connectivity index (χ0) is 19.2. The van der Waals surface area contributed by atoms with Crippen LogP contribution in [-0.4, -0.2) is 72.0 Å². The van der Waals surface area contributed by atoms with Crippen molar-refractivity contribution in [2.75, 3.05) is 61.2 Å². The molecule has 0 bridgehead atoms. The fourth-order valence-corrected chi connectivity index (χ4v) is 2.46. The number of guanidine groups is 1. The lowest BCUT2D eigenvalue weighted by molar-refractivity contribution is 0.180. The summed E-state index contributed by atoms with van der Waals surface area (Å²) in [6.07, 6.45) is 1.04. The fraction of sp³-hybridized carbons (Fsp3) is 0.632. The van der Waals surface area contributed by atoms with E-state index in [-0.39, 0.29) is 0 Å². The Labute approximate surface area is 157 Å². The van der Waals surface area contributed by atoms with E-state index >= 15 is 0 Å². The minimum Gasteiger partial charge on any atom is -0.493 e. The van der Waals surface area contributed by atoms with E-state index < -0.39 is 0 Å². The smallest absolute Gasteiger partial charge is 0.191 e. The molecular weight excluding hydrogens is 332 g/mol. The zero-order valence-electron chi connectivity index (χ0n) is 16.8. The Morgan fingerprint density at radius 2 is 1.96 bits per heavy atom. The monoisotopic (exact) mass is 366 g/mol. The first kappa shape index (κ1) is 22.1. The third kappa shape index (κ3) is 8.40. The number of likely N-dealkylation sites (N-methyl/N-ethyl adjacent to an activating group) is 1. The summed E-state index contributed by atoms with van der Waals surface area (Å²) in [6.45, 7) is 6.83. The number of ether oxygens (including phenoxy) is 3. The summed E-state index contributed by atoms with van der Waals surface area (Å²) < 4.78 is 16.0. The highest BCUT2D eigenvalue weighted by molar-refractivity contribution is 5.79. The first-order valence-corrected chi connectivity index (χ1v) is 9.06. The molecule has 2 N–H and O–H groups in total. The summed E-state index contributed by atoms with van der Waals surface area (Å²) in [7, 11) is 7.27. The predicted octanol–water partition coefficient (Wildman–Crippen LogP) is 1.73. The fourth-order valence-electron chi connectivity index (χ4n) is 2.46. The molecule has 0 aliphatic carbocycles. The molecule has 0 unspecified atom stereocenters. The van der Waals surface area contributed by atoms with Crippen molar-refractivity contribution in [2.24, 2.45) is 4.99 Å². The molecule has 7 nitrogen and oxygen atoms in total. The minimum atomic E-state index is 0.616. The van der Waals surface area contributed by atoms with Gasteiger partial charge >= 0.3 is 0 Å². The summed E-state index contributed by atoms with van der Waals surface area (Å²) in [5.41, 5.74) is 1.10. The van der Waals surface area contributed by atoms with Gasteiger partial charge in [-0.25, -0.2) is 0 Å². The molecule has 26 heavy (non-hydrogen) atoms. The SMILES string of the molecule is CCOc1ccc(CNC(=NC)NCCN(C)CCCOC)cc1OC. The molecule has 1 aromatic rings. The number of rotatable bonds is 12. The molecule has 7 heteroatoms. The van der Waals surface area contributed by atoms with Crippen molar-refractivity contribution in [2.45, 2.75) is 19.9 Å². The van der Waals surface area contributed by atoms with E-state index in [1.54, 1.807) is 21.3 Å². The third-order valence-electron chi connectivity index (χ3n) is 3.89. The highest BCUT2D eigenvalue weighted by atomic mass is 16.5. The van der Waals surface area contributed by atoms with E-state index in [1.807, 2.05) is 25.1 Å². The topological polar surface area (TPSA) is 67.4 Å². The summed E-state index contributed by atoms with van der Waals surface area (Å²) in [6, 6.07) is 5.94. The van der Waals surface area contributed by atoms with Crippen molar-refractivity contribution in [3.05, 3.63) is 23.8 Å². The highest BCUT2D eigenvalue weighted by Crippen LogP contribution is 2.27. The standard InChI is InChI=1S/C19H34N4O3/c1-6-26-17-9-8-16(14-18(17)25-5)15-22-19(20-2)21-10-12-23(3)11-7-13-24-4/h8-9,14H,6-7,10-13,15H2,1-5H3,(H2,20,21,22). The number of benzene rings is 1. The van der Waals surface area contributed by atoms with Crippen molar-refractivity contribution < 1.29 is 14.2 Å².